The second kappa shape index (κ2) is 10.5. The molecule has 0 aromatic heterocycles. The van der Waals surface area contributed by atoms with Gasteiger partial charge in [-0.1, -0.05) is 36.4 Å². The highest BCUT2D eigenvalue weighted by Gasteiger charge is 2.25. The molecule has 0 aliphatic heterocycles. The maximum absolute atomic E-state index is 12.0. The Balaban J connectivity index is 0.00000280. The number of hydrogen-bond donors (Lipinski definition) is 2. The minimum Gasteiger partial charge on any atom is -0.357 e. The maximum Gasteiger partial charge on any atom is 0.253 e. The van der Waals surface area contributed by atoms with E-state index in [1.54, 1.807) is 19.0 Å². The van der Waals surface area contributed by atoms with Crippen molar-refractivity contribution in [3.63, 3.8) is 0 Å². The number of amides is 1. The van der Waals surface area contributed by atoms with Crippen LogP contribution in [0, 0.1) is 0 Å². The van der Waals surface area contributed by atoms with E-state index in [0.717, 1.165) is 31.0 Å². The summed E-state index contributed by atoms with van der Waals surface area (Å²) >= 11 is 0. The molecule has 28 heavy (non-hydrogen) atoms. The zero-order valence-electron chi connectivity index (χ0n) is 16.7. The predicted molar refractivity (Wildman–Crippen MR) is 126 cm³/mol. The summed E-state index contributed by atoms with van der Waals surface area (Å²) in [6.45, 7) is 4.35. The first kappa shape index (κ1) is 22.2. The third kappa shape index (κ3) is 5.47. The van der Waals surface area contributed by atoms with E-state index in [1.165, 1.54) is 11.1 Å². The Morgan fingerprint density at radius 1 is 1.11 bits per heavy atom. The van der Waals surface area contributed by atoms with Crippen LogP contribution in [0.1, 0.15) is 39.9 Å². The summed E-state index contributed by atoms with van der Waals surface area (Å²) in [5, 5.41) is 6.76. The minimum atomic E-state index is 0. The van der Waals surface area contributed by atoms with Crippen molar-refractivity contribution in [1.82, 2.24) is 15.5 Å². The second-order valence-corrected chi connectivity index (χ2v) is 7.07. The lowest BCUT2D eigenvalue weighted by Crippen LogP contribution is -2.41. The molecular formula is C22H29IN4O. The summed E-state index contributed by atoms with van der Waals surface area (Å²) in [4.78, 5) is 18.2. The predicted octanol–water partition coefficient (Wildman–Crippen LogP) is 3.40. The van der Waals surface area contributed by atoms with Crippen LogP contribution in [-0.2, 0) is 13.0 Å². The van der Waals surface area contributed by atoms with Gasteiger partial charge in [0.15, 0.2) is 5.96 Å². The van der Waals surface area contributed by atoms with E-state index in [4.69, 9.17) is 0 Å². The zero-order valence-corrected chi connectivity index (χ0v) is 19.1. The maximum atomic E-state index is 12.0. The lowest BCUT2D eigenvalue weighted by molar-refractivity contribution is 0.0827. The molecule has 0 spiro atoms. The van der Waals surface area contributed by atoms with E-state index in [2.05, 4.69) is 46.8 Å². The Morgan fingerprint density at radius 3 is 2.46 bits per heavy atom. The topological polar surface area (TPSA) is 56.7 Å². The lowest BCUT2D eigenvalue weighted by atomic mass is 9.78. The number of fused-ring (bicyclic) bond motifs is 1. The van der Waals surface area contributed by atoms with Crippen molar-refractivity contribution >= 4 is 35.8 Å². The number of rotatable bonds is 6. The van der Waals surface area contributed by atoms with E-state index in [-0.39, 0.29) is 29.9 Å². The van der Waals surface area contributed by atoms with Gasteiger partial charge in [-0.15, -0.1) is 24.0 Å². The molecule has 5 nitrogen and oxygen atoms in total. The minimum absolute atomic E-state index is 0. The normalized spacial score (nSPS) is 15.0. The molecule has 0 radical (unpaired) electrons. The molecule has 3 rings (SSSR count). The summed E-state index contributed by atoms with van der Waals surface area (Å²) < 4.78 is 0. The van der Waals surface area contributed by atoms with Crippen LogP contribution in [0.5, 0.6) is 0 Å². The van der Waals surface area contributed by atoms with Crippen molar-refractivity contribution in [2.75, 3.05) is 27.2 Å². The van der Waals surface area contributed by atoms with E-state index in [0.29, 0.717) is 18.0 Å². The van der Waals surface area contributed by atoms with Crippen molar-refractivity contribution < 1.29 is 4.79 Å². The second-order valence-electron chi connectivity index (χ2n) is 7.07. The van der Waals surface area contributed by atoms with Crippen LogP contribution in [0.25, 0.3) is 0 Å². The van der Waals surface area contributed by atoms with Gasteiger partial charge in [0.2, 0.25) is 0 Å². The fraction of sp³-hybridized carbons (Fsp3) is 0.364. The van der Waals surface area contributed by atoms with Crippen molar-refractivity contribution in [1.29, 1.82) is 0 Å². The van der Waals surface area contributed by atoms with Gasteiger partial charge in [-0.2, -0.15) is 0 Å². The molecule has 0 fully saturated rings. The number of carbonyl (C=O) groups is 1. The number of halogens is 1. The SMILES string of the molecule is CCNC(=NCc1ccc(C(=O)N(C)C)cc1)NCC1Cc2ccccc21.I. The molecule has 0 bridgehead atoms. The van der Waals surface area contributed by atoms with Crippen LogP contribution >= 0.6 is 24.0 Å². The fourth-order valence-electron chi connectivity index (χ4n) is 3.29. The number of nitrogens with zero attached hydrogens (tertiary/aromatic N) is 2. The molecule has 1 amide bonds. The zero-order chi connectivity index (χ0) is 19.2. The van der Waals surface area contributed by atoms with Crippen LogP contribution < -0.4 is 10.6 Å². The van der Waals surface area contributed by atoms with Crippen molar-refractivity contribution in [3.8, 4) is 0 Å². The van der Waals surface area contributed by atoms with Crippen LogP contribution in [0.4, 0.5) is 0 Å². The van der Waals surface area contributed by atoms with E-state index < -0.39 is 0 Å². The first-order valence-electron chi connectivity index (χ1n) is 9.49. The van der Waals surface area contributed by atoms with Crippen LogP contribution in [-0.4, -0.2) is 44.0 Å². The molecule has 1 aliphatic rings. The monoisotopic (exact) mass is 492 g/mol. The van der Waals surface area contributed by atoms with E-state index >= 15 is 0 Å². The molecule has 2 aromatic rings. The first-order valence-corrected chi connectivity index (χ1v) is 9.49. The molecule has 1 unspecified atom stereocenters. The number of benzene rings is 2. The molecular weight excluding hydrogens is 463 g/mol. The molecule has 1 atom stereocenters. The average molecular weight is 492 g/mol. The first-order chi connectivity index (χ1) is 13.1. The molecule has 0 saturated carbocycles. The summed E-state index contributed by atoms with van der Waals surface area (Å²) in [6, 6.07) is 16.3. The molecule has 150 valence electrons. The van der Waals surface area contributed by atoms with Crippen LogP contribution in [0.15, 0.2) is 53.5 Å². The van der Waals surface area contributed by atoms with Gasteiger partial charge in [0.05, 0.1) is 6.54 Å². The highest BCUT2D eigenvalue weighted by Crippen LogP contribution is 2.33. The summed E-state index contributed by atoms with van der Waals surface area (Å²) in [5.74, 6) is 1.40. The van der Waals surface area contributed by atoms with Crippen LogP contribution in [0.3, 0.4) is 0 Å². The largest absolute Gasteiger partial charge is 0.357 e. The van der Waals surface area contributed by atoms with Crippen molar-refractivity contribution in [2.24, 2.45) is 4.99 Å². The summed E-state index contributed by atoms with van der Waals surface area (Å²) in [7, 11) is 3.52. The Hall–Kier alpha value is -2.09. The van der Waals surface area contributed by atoms with Crippen molar-refractivity contribution in [2.45, 2.75) is 25.8 Å². The summed E-state index contributed by atoms with van der Waals surface area (Å²) in [5.41, 5.74) is 4.68. The Morgan fingerprint density at radius 2 is 1.82 bits per heavy atom. The molecule has 2 N–H and O–H groups in total. The van der Waals surface area contributed by atoms with E-state index in [1.807, 2.05) is 24.3 Å². The number of hydrogen-bond acceptors (Lipinski definition) is 2. The highest BCUT2D eigenvalue weighted by molar-refractivity contribution is 14.0. The number of nitrogens with one attached hydrogen (secondary N) is 2. The molecule has 1 aliphatic carbocycles. The quantitative estimate of drug-likeness (QED) is 0.369. The molecule has 2 aromatic carbocycles. The Kier molecular flexibility index (Phi) is 8.29. The number of guanidine groups is 1. The van der Waals surface area contributed by atoms with Gasteiger partial charge in [-0.05, 0) is 42.2 Å². The van der Waals surface area contributed by atoms with Gasteiger partial charge in [0.25, 0.3) is 5.91 Å². The number of aliphatic imine (C=N–C) groups is 1. The molecule has 0 saturated heterocycles. The van der Waals surface area contributed by atoms with Crippen molar-refractivity contribution in [3.05, 3.63) is 70.8 Å². The standard InChI is InChI=1S/C22H28N4O.HI/c1-4-23-22(25-15-19-13-18-7-5-6-8-20(18)19)24-14-16-9-11-17(12-10-16)21(27)26(2)3;/h5-12,19H,4,13-15H2,1-3H3,(H2,23,24,25);1H. The highest BCUT2D eigenvalue weighted by atomic mass is 127. The number of carbonyl (C=O) groups excluding carboxylic acids is 1. The average Bonchev–Trinajstić information content (AvgIpc) is 2.66. The van der Waals surface area contributed by atoms with Gasteiger partial charge in [-0.25, -0.2) is 4.99 Å². The lowest BCUT2D eigenvalue weighted by Gasteiger charge is -2.30. The van der Waals surface area contributed by atoms with Crippen LogP contribution in [0.2, 0.25) is 0 Å². The Labute approximate surface area is 184 Å². The van der Waals surface area contributed by atoms with Gasteiger partial charge in [0, 0.05) is 38.7 Å². The molecule has 6 heteroatoms. The molecule has 0 heterocycles. The Bertz CT molecular complexity index is 818. The third-order valence-corrected chi connectivity index (χ3v) is 4.85. The van der Waals surface area contributed by atoms with E-state index in [9.17, 15) is 4.79 Å². The smallest absolute Gasteiger partial charge is 0.253 e. The fourth-order valence-corrected chi connectivity index (χ4v) is 3.29. The van der Waals surface area contributed by atoms with Gasteiger partial charge < -0.3 is 15.5 Å². The van der Waals surface area contributed by atoms with Gasteiger partial charge >= 0.3 is 0 Å². The van der Waals surface area contributed by atoms with Gasteiger partial charge in [-0.3, -0.25) is 4.79 Å². The van der Waals surface area contributed by atoms with Gasteiger partial charge in [0.1, 0.15) is 0 Å². The third-order valence-electron chi connectivity index (χ3n) is 4.85. The summed E-state index contributed by atoms with van der Waals surface area (Å²) in [6.07, 6.45) is 1.13.